The molecule has 2 aromatic carbocycles. The molecule has 0 spiro atoms. The van der Waals surface area contributed by atoms with Crippen LogP contribution in [-0.2, 0) is 10.0 Å². The molecule has 4 aromatic rings. The van der Waals surface area contributed by atoms with Crippen LogP contribution in [-0.4, -0.2) is 35.6 Å². The third-order valence-electron chi connectivity index (χ3n) is 5.73. The van der Waals surface area contributed by atoms with Gasteiger partial charge >= 0.3 is 0 Å². The van der Waals surface area contributed by atoms with Gasteiger partial charge in [0.2, 0.25) is 0 Å². The summed E-state index contributed by atoms with van der Waals surface area (Å²) in [5.74, 6) is 0. The van der Waals surface area contributed by atoms with Crippen LogP contribution >= 0.6 is 11.3 Å². The molecule has 0 saturated carbocycles. The van der Waals surface area contributed by atoms with Crippen LogP contribution < -0.4 is 0 Å². The highest BCUT2D eigenvalue weighted by atomic mass is 32.2. The summed E-state index contributed by atoms with van der Waals surface area (Å²) in [6.07, 6.45) is 1.47. The van der Waals surface area contributed by atoms with E-state index in [2.05, 4.69) is 35.0 Å². The largest absolute Gasteiger partial charge is 0.261 e. The number of piperidine rings is 1. The lowest BCUT2D eigenvalue weighted by Crippen LogP contribution is -2.39. The lowest BCUT2D eigenvalue weighted by molar-refractivity contribution is 0.263. The molecule has 0 atom stereocenters. The third-order valence-corrected chi connectivity index (χ3v) is 9.01. The highest BCUT2D eigenvalue weighted by Crippen LogP contribution is 2.34. The molecule has 5 nitrogen and oxygen atoms in total. The first-order chi connectivity index (χ1) is 15.1. The maximum absolute atomic E-state index is 12.9. The van der Waals surface area contributed by atoms with Crippen molar-refractivity contribution in [2.24, 2.45) is 0 Å². The Morgan fingerprint density at radius 3 is 2.10 bits per heavy atom. The number of hydrogen-bond acceptors (Lipinski definition) is 4. The zero-order valence-electron chi connectivity index (χ0n) is 17.0. The summed E-state index contributed by atoms with van der Waals surface area (Å²) in [4.78, 5) is 0. The van der Waals surface area contributed by atoms with Gasteiger partial charge in [-0.05, 0) is 35.9 Å². The van der Waals surface area contributed by atoms with Crippen molar-refractivity contribution < 1.29 is 8.42 Å². The summed E-state index contributed by atoms with van der Waals surface area (Å²) in [6.45, 7) is 0.999. The Balaban J connectivity index is 1.44. The molecule has 1 fully saturated rings. The maximum atomic E-state index is 12.9. The number of aromatic nitrogens is 2. The van der Waals surface area contributed by atoms with Crippen LogP contribution in [0.25, 0.3) is 22.5 Å². The van der Waals surface area contributed by atoms with E-state index in [-0.39, 0.29) is 6.04 Å². The number of sulfonamides is 1. The standard InChI is InChI=1S/C24H23N3O2S2/c28-31(29,24-12-7-17-30-24)26-15-13-21(14-16-26)27-23(20-10-5-2-6-11-20)18-22(25-27)19-8-3-1-4-9-19/h1-12,17-18,21H,13-16H2. The van der Waals surface area contributed by atoms with Crippen molar-refractivity contribution in [1.82, 2.24) is 14.1 Å². The SMILES string of the molecule is O=S(=O)(c1cccs1)N1CCC(n2nc(-c3ccccc3)cc2-c2ccccc2)CC1. The molecule has 0 amide bonds. The fourth-order valence-corrected chi connectivity index (χ4v) is 6.73. The molecule has 0 N–H and O–H groups in total. The number of nitrogens with zero attached hydrogens (tertiary/aromatic N) is 3. The van der Waals surface area contributed by atoms with Crippen molar-refractivity contribution in [2.75, 3.05) is 13.1 Å². The van der Waals surface area contributed by atoms with Crippen molar-refractivity contribution in [3.63, 3.8) is 0 Å². The highest BCUT2D eigenvalue weighted by molar-refractivity contribution is 7.91. The predicted octanol–water partition coefficient (Wildman–Crippen LogP) is 5.30. The highest BCUT2D eigenvalue weighted by Gasteiger charge is 2.32. The molecular formula is C24H23N3O2S2. The second-order valence-corrected chi connectivity index (χ2v) is 10.8. The van der Waals surface area contributed by atoms with Crippen molar-refractivity contribution in [2.45, 2.75) is 23.1 Å². The van der Waals surface area contributed by atoms with Gasteiger partial charge in [-0.2, -0.15) is 9.40 Å². The maximum Gasteiger partial charge on any atom is 0.252 e. The minimum atomic E-state index is -3.40. The molecule has 7 heteroatoms. The molecule has 5 rings (SSSR count). The van der Waals surface area contributed by atoms with E-state index in [1.54, 1.807) is 21.8 Å². The molecule has 0 aliphatic carbocycles. The van der Waals surface area contributed by atoms with Crippen LogP contribution in [0.4, 0.5) is 0 Å². The average Bonchev–Trinajstić information content (AvgIpc) is 3.51. The van der Waals surface area contributed by atoms with Gasteiger partial charge in [-0.3, -0.25) is 4.68 Å². The molecule has 0 radical (unpaired) electrons. The molecule has 2 aromatic heterocycles. The van der Waals surface area contributed by atoms with Crippen molar-refractivity contribution in [3.8, 4) is 22.5 Å². The first-order valence-corrected chi connectivity index (χ1v) is 12.7. The van der Waals surface area contributed by atoms with Gasteiger partial charge in [0.15, 0.2) is 0 Å². The average molecular weight is 450 g/mol. The number of benzene rings is 2. The quantitative estimate of drug-likeness (QED) is 0.415. The topological polar surface area (TPSA) is 55.2 Å². The summed E-state index contributed by atoms with van der Waals surface area (Å²) in [5.41, 5.74) is 4.20. The Labute approximate surface area is 186 Å². The summed E-state index contributed by atoms with van der Waals surface area (Å²) in [7, 11) is -3.40. The van der Waals surface area contributed by atoms with E-state index in [0.717, 1.165) is 35.4 Å². The van der Waals surface area contributed by atoms with Crippen LogP contribution in [0, 0.1) is 0 Å². The monoisotopic (exact) mass is 449 g/mol. The summed E-state index contributed by atoms with van der Waals surface area (Å²) in [6, 6.07) is 26.2. The van der Waals surface area contributed by atoms with Crippen LogP contribution in [0.1, 0.15) is 18.9 Å². The first-order valence-electron chi connectivity index (χ1n) is 10.4. The Morgan fingerprint density at radius 2 is 1.48 bits per heavy atom. The second-order valence-electron chi connectivity index (χ2n) is 7.66. The van der Waals surface area contributed by atoms with Crippen LogP contribution in [0.15, 0.2) is 88.5 Å². The van der Waals surface area contributed by atoms with Crippen molar-refractivity contribution >= 4 is 21.4 Å². The number of hydrogen-bond donors (Lipinski definition) is 0. The van der Waals surface area contributed by atoms with Gasteiger partial charge in [-0.1, -0.05) is 66.7 Å². The van der Waals surface area contributed by atoms with Gasteiger partial charge in [-0.15, -0.1) is 11.3 Å². The summed E-state index contributed by atoms with van der Waals surface area (Å²) >= 11 is 1.27. The molecule has 158 valence electrons. The first kappa shape index (κ1) is 20.2. The van der Waals surface area contributed by atoms with Gasteiger partial charge in [0.1, 0.15) is 4.21 Å². The molecule has 3 heterocycles. The van der Waals surface area contributed by atoms with Crippen molar-refractivity contribution in [3.05, 3.63) is 84.2 Å². The Kier molecular flexibility index (Phi) is 5.48. The lowest BCUT2D eigenvalue weighted by Gasteiger charge is -2.31. The fourth-order valence-electron chi connectivity index (χ4n) is 4.11. The molecule has 0 bridgehead atoms. The molecule has 1 aliphatic rings. The van der Waals surface area contributed by atoms with E-state index in [9.17, 15) is 8.42 Å². The Bertz CT molecular complexity index is 1240. The van der Waals surface area contributed by atoms with Gasteiger partial charge in [0, 0.05) is 18.7 Å². The van der Waals surface area contributed by atoms with E-state index in [1.807, 2.05) is 36.4 Å². The van der Waals surface area contributed by atoms with E-state index in [0.29, 0.717) is 17.3 Å². The normalized spacial score (nSPS) is 15.9. The summed E-state index contributed by atoms with van der Waals surface area (Å²) in [5, 5.41) is 6.77. The Morgan fingerprint density at radius 1 is 0.839 bits per heavy atom. The van der Waals surface area contributed by atoms with Gasteiger partial charge < -0.3 is 0 Å². The number of thiophene rings is 1. The molecule has 31 heavy (non-hydrogen) atoms. The van der Waals surface area contributed by atoms with Gasteiger partial charge in [0.05, 0.1) is 17.4 Å². The van der Waals surface area contributed by atoms with Crippen molar-refractivity contribution in [1.29, 1.82) is 0 Å². The minimum absolute atomic E-state index is 0.155. The minimum Gasteiger partial charge on any atom is -0.261 e. The number of rotatable bonds is 5. The Hall–Kier alpha value is -2.74. The third kappa shape index (κ3) is 3.96. The van der Waals surface area contributed by atoms with Gasteiger partial charge in [-0.25, -0.2) is 8.42 Å². The second kappa shape index (κ2) is 8.42. The van der Waals surface area contributed by atoms with E-state index >= 15 is 0 Å². The summed E-state index contributed by atoms with van der Waals surface area (Å²) < 4.78 is 29.9. The van der Waals surface area contributed by atoms with Crippen LogP contribution in [0.2, 0.25) is 0 Å². The lowest BCUT2D eigenvalue weighted by atomic mass is 10.1. The zero-order chi connectivity index (χ0) is 21.3. The fraction of sp³-hybridized carbons (Fsp3) is 0.208. The van der Waals surface area contributed by atoms with E-state index in [1.165, 1.54) is 11.3 Å². The molecule has 1 saturated heterocycles. The van der Waals surface area contributed by atoms with Gasteiger partial charge in [0.25, 0.3) is 10.0 Å². The van der Waals surface area contributed by atoms with Crippen LogP contribution in [0.3, 0.4) is 0 Å². The zero-order valence-corrected chi connectivity index (χ0v) is 18.6. The smallest absolute Gasteiger partial charge is 0.252 e. The molecule has 0 unspecified atom stereocenters. The molecule has 1 aliphatic heterocycles. The van der Waals surface area contributed by atoms with Crippen LogP contribution in [0.5, 0.6) is 0 Å². The van der Waals surface area contributed by atoms with E-state index < -0.39 is 10.0 Å². The van der Waals surface area contributed by atoms with E-state index in [4.69, 9.17) is 5.10 Å². The predicted molar refractivity (Wildman–Crippen MR) is 124 cm³/mol. The molecular weight excluding hydrogens is 426 g/mol.